The predicted molar refractivity (Wildman–Crippen MR) is 80.2 cm³/mol. The molecule has 0 N–H and O–H groups in total. The van der Waals surface area contributed by atoms with Gasteiger partial charge >= 0.3 is 5.97 Å². The average molecular weight is 290 g/mol. The molecule has 0 saturated heterocycles. The Morgan fingerprint density at radius 1 is 1.35 bits per heavy atom. The highest BCUT2D eigenvalue weighted by Gasteiger charge is 2.21. The Balaban J connectivity index is 2.41. The third-order valence-corrected chi connectivity index (χ3v) is 3.62. The standard InChI is InChI=1S/C15H18N2O2S/c1-4-19-14(18)13-11(2)16-15(20-3)17(13)10-12-8-6-5-7-9-12/h5-9H,4,10H2,1-3H3. The van der Waals surface area contributed by atoms with Crippen molar-refractivity contribution in [2.75, 3.05) is 12.9 Å². The van der Waals surface area contributed by atoms with Gasteiger partial charge in [0.2, 0.25) is 0 Å². The van der Waals surface area contributed by atoms with Crippen LogP contribution in [-0.4, -0.2) is 28.4 Å². The smallest absolute Gasteiger partial charge is 0.356 e. The van der Waals surface area contributed by atoms with Gasteiger partial charge in [0.05, 0.1) is 18.8 Å². The summed E-state index contributed by atoms with van der Waals surface area (Å²) in [7, 11) is 0. The van der Waals surface area contributed by atoms with Crippen LogP contribution in [0.15, 0.2) is 35.5 Å². The van der Waals surface area contributed by atoms with E-state index in [-0.39, 0.29) is 5.97 Å². The summed E-state index contributed by atoms with van der Waals surface area (Å²) in [6, 6.07) is 10.0. The Labute approximate surface area is 123 Å². The molecular weight excluding hydrogens is 272 g/mol. The van der Waals surface area contributed by atoms with Crippen molar-refractivity contribution in [3.05, 3.63) is 47.3 Å². The van der Waals surface area contributed by atoms with Gasteiger partial charge in [0.15, 0.2) is 10.9 Å². The molecule has 2 aromatic rings. The lowest BCUT2D eigenvalue weighted by molar-refractivity contribution is 0.0512. The van der Waals surface area contributed by atoms with Crippen LogP contribution in [0, 0.1) is 6.92 Å². The lowest BCUT2D eigenvalue weighted by atomic mass is 10.2. The molecule has 0 aliphatic heterocycles. The Bertz CT molecular complexity index is 593. The van der Waals surface area contributed by atoms with E-state index >= 15 is 0 Å². The molecule has 0 aliphatic rings. The van der Waals surface area contributed by atoms with Gasteiger partial charge in [-0.15, -0.1) is 0 Å². The van der Waals surface area contributed by atoms with Crippen LogP contribution < -0.4 is 0 Å². The molecular formula is C15H18N2O2S. The summed E-state index contributed by atoms with van der Waals surface area (Å²) in [5.41, 5.74) is 2.38. The number of benzene rings is 1. The number of imidazole rings is 1. The number of carbonyl (C=O) groups is 1. The second-order valence-corrected chi connectivity index (χ2v) is 5.10. The van der Waals surface area contributed by atoms with Crippen LogP contribution in [0.25, 0.3) is 0 Å². The molecule has 5 heteroatoms. The molecule has 0 unspecified atom stereocenters. The largest absolute Gasteiger partial charge is 0.461 e. The number of carbonyl (C=O) groups excluding carboxylic acids is 1. The monoisotopic (exact) mass is 290 g/mol. The number of ether oxygens (including phenoxy) is 1. The van der Waals surface area contributed by atoms with Crippen molar-refractivity contribution in [2.45, 2.75) is 25.5 Å². The quantitative estimate of drug-likeness (QED) is 0.627. The predicted octanol–water partition coefficient (Wildman–Crippen LogP) is 3.14. The van der Waals surface area contributed by atoms with Gasteiger partial charge in [-0.1, -0.05) is 42.1 Å². The van der Waals surface area contributed by atoms with Crippen LogP contribution in [0.1, 0.15) is 28.7 Å². The zero-order chi connectivity index (χ0) is 14.5. The molecule has 4 nitrogen and oxygen atoms in total. The fourth-order valence-corrected chi connectivity index (χ4v) is 2.68. The van der Waals surface area contributed by atoms with Gasteiger partial charge in [-0.3, -0.25) is 0 Å². The summed E-state index contributed by atoms with van der Waals surface area (Å²) < 4.78 is 7.06. The van der Waals surface area contributed by atoms with Crippen LogP contribution in [-0.2, 0) is 11.3 Å². The van der Waals surface area contributed by atoms with Crippen LogP contribution >= 0.6 is 11.8 Å². The molecule has 0 spiro atoms. The van der Waals surface area contributed by atoms with Crippen molar-refractivity contribution in [2.24, 2.45) is 0 Å². The van der Waals surface area contributed by atoms with Gasteiger partial charge in [-0.05, 0) is 25.7 Å². The number of hydrogen-bond donors (Lipinski definition) is 0. The highest BCUT2D eigenvalue weighted by atomic mass is 32.2. The molecule has 0 radical (unpaired) electrons. The number of aryl methyl sites for hydroxylation is 1. The molecule has 0 bridgehead atoms. The zero-order valence-corrected chi connectivity index (χ0v) is 12.7. The SMILES string of the molecule is CCOC(=O)c1c(C)nc(SC)n1Cc1ccccc1. The summed E-state index contributed by atoms with van der Waals surface area (Å²) in [5.74, 6) is -0.311. The maximum absolute atomic E-state index is 12.1. The van der Waals surface area contributed by atoms with Gasteiger partial charge < -0.3 is 9.30 Å². The van der Waals surface area contributed by atoms with Crippen molar-refractivity contribution < 1.29 is 9.53 Å². The Morgan fingerprint density at radius 2 is 2.05 bits per heavy atom. The van der Waals surface area contributed by atoms with Crippen molar-refractivity contribution in [1.82, 2.24) is 9.55 Å². The van der Waals surface area contributed by atoms with Gasteiger partial charge in [-0.2, -0.15) is 0 Å². The van der Waals surface area contributed by atoms with Crippen molar-refractivity contribution >= 4 is 17.7 Å². The number of esters is 1. The molecule has 106 valence electrons. The van der Waals surface area contributed by atoms with Crippen LogP contribution in [0.2, 0.25) is 0 Å². The minimum atomic E-state index is -0.311. The highest BCUT2D eigenvalue weighted by molar-refractivity contribution is 7.98. The number of hydrogen-bond acceptors (Lipinski definition) is 4. The van der Waals surface area contributed by atoms with Crippen molar-refractivity contribution in [3.8, 4) is 0 Å². The first kappa shape index (κ1) is 14.7. The summed E-state index contributed by atoms with van der Waals surface area (Å²) in [6.45, 7) is 4.63. The second-order valence-electron chi connectivity index (χ2n) is 4.32. The van der Waals surface area contributed by atoms with E-state index in [0.717, 1.165) is 10.7 Å². The fraction of sp³-hybridized carbons (Fsp3) is 0.333. The van der Waals surface area contributed by atoms with Gasteiger partial charge in [0, 0.05) is 0 Å². The topological polar surface area (TPSA) is 44.1 Å². The summed E-state index contributed by atoms with van der Waals surface area (Å²) in [6.07, 6.45) is 1.96. The summed E-state index contributed by atoms with van der Waals surface area (Å²) >= 11 is 1.53. The lowest BCUT2D eigenvalue weighted by Crippen LogP contribution is -2.14. The van der Waals surface area contributed by atoms with E-state index in [9.17, 15) is 4.79 Å². The molecule has 20 heavy (non-hydrogen) atoms. The van der Waals surface area contributed by atoms with E-state index in [2.05, 4.69) is 4.98 Å². The van der Waals surface area contributed by atoms with Crippen molar-refractivity contribution in [1.29, 1.82) is 0 Å². The Kier molecular flexibility index (Phi) is 4.84. The zero-order valence-electron chi connectivity index (χ0n) is 11.9. The van der Waals surface area contributed by atoms with E-state index in [1.807, 2.05) is 48.1 Å². The van der Waals surface area contributed by atoms with E-state index in [1.54, 1.807) is 6.92 Å². The second kappa shape index (κ2) is 6.61. The van der Waals surface area contributed by atoms with Crippen LogP contribution in [0.5, 0.6) is 0 Å². The molecule has 0 fully saturated rings. The average Bonchev–Trinajstić information content (AvgIpc) is 2.76. The molecule has 0 amide bonds. The molecule has 0 saturated carbocycles. The van der Waals surface area contributed by atoms with E-state index in [0.29, 0.717) is 24.5 Å². The molecule has 2 rings (SSSR count). The first-order valence-electron chi connectivity index (χ1n) is 6.49. The highest BCUT2D eigenvalue weighted by Crippen LogP contribution is 2.21. The molecule has 1 aromatic carbocycles. The number of nitrogens with zero attached hydrogens (tertiary/aromatic N) is 2. The number of rotatable bonds is 5. The summed E-state index contributed by atoms with van der Waals surface area (Å²) in [4.78, 5) is 16.6. The minimum absolute atomic E-state index is 0.311. The van der Waals surface area contributed by atoms with Gasteiger partial charge in [0.1, 0.15) is 0 Å². The van der Waals surface area contributed by atoms with Gasteiger partial charge in [0.25, 0.3) is 0 Å². The van der Waals surface area contributed by atoms with Crippen LogP contribution in [0.3, 0.4) is 0 Å². The Hall–Kier alpha value is -1.75. The maximum atomic E-state index is 12.1. The third kappa shape index (κ3) is 3.04. The van der Waals surface area contributed by atoms with Gasteiger partial charge in [-0.25, -0.2) is 9.78 Å². The molecule has 0 aliphatic carbocycles. The summed E-state index contributed by atoms with van der Waals surface area (Å²) in [5, 5.41) is 0.828. The van der Waals surface area contributed by atoms with Crippen molar-refractivity contribution in [3.63, 3.8) is 0 Å². The fourth-order valence-electron chi connectivity index (χ4n) is 2.07. The minimum Gasteiger partial charge on any atom is -0.461 e. The normalized spacial score (nSPS) is 10.6. The molecule has 0 atom stereocenters. The molecule has 1 heterocycles. The third-order valence-electron chi connectivity index (χ3n) is 2.94. The number of aromatic nitrogens is 2. The van der Waals surface area contributed by atoms with Crippen LogP contribution in [0.4, 0.5) is 0 Å². The van der Waals surface area contributed by atoms with E-state index in [1.165, 1.54) is 11.8 Å². The first-order chi connectivity index (χ1) is 9.67. The first-order valence-corrected chi connectivity index (χ1v) is 7.72. The van der Waals surface area contributed by atoms with E-state index in [4.69, 9.17) is 4.74 Å². The Morgan fingerprint density at radius 3 is 2.65 bits per heavy atom. The van der Waals surface area contributed by atoms with E-state index < -0.39 is 0 Å². The maximum Gasteiger partial charge on any atom is 0.356 e. The lowest BCUT2D eigenvalue weighted by Gasteiger charge is -2.10. The number of thioether (sulfide) groups is 1. The molecule has 1 aromatic heterocycles.